The van der Waals surface area contributed by atoms with Crippen LogP contribution in [0.5, 0.6) is 0 Å². The predicted molar refractivity (Wildman–Crippen MR) is 33.1 cm³/mol. The van der Waals surface area contributed by atoms with Crippen LogP contribution in [0, 0.1) is 0 Å². The minimum absolute atomic E-state index is 0.712. The smallest absolute Gasteiger partial charge is 0.180 e. The molecule has 0 aromatic carbocycles. The van der Waals surface area contributed by atoms with E-state index in [0.717, 1.165) is 5.69 Å². The van der Waals surface area contributed by atoms with Gasteiger partial charge in [0.1, 0.15) is 6.26 Å². The first kappa shape index (κ1) is 5.03. The third kappa shape index (κ3) is 0.745. The maximum atomic E-state index is 4.86. The van der Waals surface area contributed by atoms with Crippen molar-refractivity contribution in [3.63, 3.8) is 0 Å². The van der Waals surface area contributed by atoms with Crippen LogP contribution in [-0.4, -0.2) is 4.98 Å². The summed E-state index contributed by atoms with van der Waals surface area (Å²) < 4.78 is 4.86. The first-order valence-electron chi connectivity index (χ1n) is 3.35. The van der Waals surface area contributed by atoms with Crippen molar-refractivity contribution < 1.29 is 4.42 Å². The number of hydrogen-bond donors (Lipinski definition) is 0. The Morgan fingerprint density at radius 1 is 1.56 bits per heavy atom. The van der Waals surface area contributed by atoms with Gasteiger partial charge in [0, 0.05) is 5.92 Å². The summed E-state index contributed by atoms with van der Waals surface area (Å²) in [5.41, 5.74) is 1.14. The molecule has 2 nitrogen and oxygen atoms in total. The molecule has 1 saturated carbocycles. The van der Waals surface area contributed by atoms with Gasteiger partial charge in [-0.15, -0.1) is 0 Å². The molecular weight excluding hydrogens is 114 g/mol. The molecule has 0 unspecified atom stereocenters. The summed E-state index contributed by atoms with van der Waals surface area (Å²) in [4.78, 5) is 4.07. The number of hydrogen-bond acceptors (Lipinski definition) is 2. The van der Waals surface area contributed by atoms with E-state index in [1.807, 2.05) is 0 Å². The zero-order valence-electron chi connectivity index (χ0n) is 5.21. The van der Waals surface area contributed by atoms with E-state index in [4.69, 9.17) is 4.42 Å². The van der Waals surface area contributed by atoms with Gasteiger partial charge < -0.3 is 4.42 Å². The zero-order valence-corrected chi connectivity index (χ0v) is 5.21. The molecule has 1 aromatic rings. The van der Waals surface area contributed by atoms with E-state index in [1.165, 1.54) is 25.7 Å². The quantitative estimate of drug-likeness (QED) is 0.570. The number of nitrogens with zero attached hydrogens (tertiary/aromatic N) is 1. The van der Waals surface area contributed by atoms with E-state index in [-0.39, 0.29) is 0 Å². The third-order valence-electron chi connectivity index (χ3n) is 1.97. The molecule has 1 fully saturated rings. The maximum Gasteiger partial charge on any atom is 0.180 e. The van der Waals surface area contributed by atoms with Crippen LogP contribution in [0.2, 0.25) is 0 Å². The molecule has 0 amide bonds. The van der Waals surface area contributed by atoms with Crippen LogP contribution in [-0.2, 0) is 0 Å². The number of aromatic nitrogens is 1. The van der Waals surface area contributed by atoms with E-state index in [1.54, 1.807) is 6.26 Å². The molecule has 48 valence electrons. The van der Waals surface area contributed by atoms with E-state index < -0.39 is 0 Å². The molecule has 2 heteroatoms. The highest BCUT2D eigenvalue weighted by atomic mass is 16.3. The van der Waals surface area contributed by atoms with Crippen molar-refractivity contribution in [1.29, 1.82) is 0 Å². The van der Waals surface area contributed by atoms with Gasteiger partial charge >= 0.3 is 0 Å². The average Bonchev–Trinajstić information content (AvgIpc) is 2.11. The summed E-state index contributed by atoms with van der Waals surface area (Å²) in [5.74, 6) is 0.712. The Kier molecular flexibility index (Phi) is 1.04. The largest absolute Gasteiger partial charge is 0.451 e. The third-order valence-corrected chi connectivity index (χ3v) is 1.97. The lowest BCUT2D eigenvalue weighted by atomic mass is 9.83. The highest BCUT2D eigenvalue weighted by molar-refractivity contribution is 5.04. The van der Waals surface area contributed by atoms with Crippen LogP contribution in [0.15, 0.2) is 17.1 Å². The summed E-state index contributed by atoms with van der Waals surface area (Å²) >= 11 is 0. The van der Waals surface area contributed by atoms with E-state index in [9.17, 15) is 0 Å². The molecule has 1 heterocycles. The standard InChI is InChI=1S/C7H9NO/c1-2-6(3-1)7-4-9-5-8-7/h4-6H,1-3H2. The fourth-order valence-corrected chi connectivity index (χ4v) is 1.13. The molecule has 0 atom stereocenters. The molecule has 1 aromatic heterocycles. The first-order valence-corrected chi connectivity index (χ1v) is 3.35. The van der Waals surface area contributed by atoms with E-state index >= 15 is 0 Å². The second kappa shape index (κ2) is 1.87. The van der Waals surface area contributed by atoms with Gasteiger partial charge in [0.15, 0.2) is 6.39 Å². The normalized spacial score (nSPS) is 19.6. The van der Waals surface area contributed by atoms with Gasteiger partial charge in [-0.1, -0.05) is 6.42 Å². The Labute approximate surface area is 53.9 Å². The van der Waals surface area contributed by atoms with Crippen LogP contribution in [0.4, 0.5) is 0 Å². The molecule has 0 spiro atoms. The molecule has 0 N–H and O–H groups in total. The Morgan fingerprint density at radius 2 is 2.44 bits per heavy atom. The molecule has 1 aliphatic carbocycles. The fourth-order valence-electron chi connectivity index (χ4n) is 1.13. The second-order valence-corrected chi connectivity index (χ2v) is 2.54. The van der Waals surface area contributed by atoms with Gasteiger partial charge in [0.2, 0.25) is 0 Å². The van der Waals surface area contributed by atoms with Crippen molar-refractivity contribution in [1.82, 2.24) is 4.98 Å². The molecule has 1 aliphatic rings. The minimum atomic E-state index is 0.712. The Hall–Kier alpha value is -0.790. The van der Waals surface area contributed by atoms with Crippen molar-refractivity contribution in [2.45, 2.75) is 25.2 Å². The number of rotatable bonds is 1. The van der Waals surface area contributed by atoms with Crippen LogP contribution < -0.4 is 0 Å². The predicted octanol–water partition coefficient (Wildman–Crippen LogP) is 1.94. The van der Waals surface area contributed by atoms with Crippen molar-refractivity contribution in [2.75, 3.05) is 0 Å². The van der Waals surface area contributed by atoms with Gasteiger partial charge in [-0.25, -0.2) is 4.98 Å². The molecular formula is C7H9NO. The van der Waals surface area contributed by atoms with Gasteiger partial charge in [-0.05, 0) is 12.8 Å². The Balaban J connectivity index is 2.14. The van der Waals surface area contributed by atoms with Crippen LogP contribution in [0.25, 0.3) is 0 Å². The number of oxazole rings is 1. The Morgan fingerprint density at radius 3 is 2.89 bits per heavy atom. The highest BCUT2D eigenvalue weighted by Crippen LogP contribution is 2.34. The molecule has 0 bridgehead atoms. The molecule has 0 aliphatic heterocycles. The lowest BCUT2D eigenvalue weighted by Gasteiger charge is -2.22. The van der Waals surface area contributed by atoms with Gasteiger partial charge in [-0.2, -0.15) is 0 Å². The first-order chi connectivity index (χ1) is 4.47. The average molecular weight is 123 g/mol. The van der Waals surface area contributed by atoms with Crippen LogP contribution in [0.3, 0.4) is 0 Å². The SMILES string of the molecule is c1nc(C2CCC2)co1. The monoisotopic (exact) mass is 123 g/mol. The minimum Gasteiger partial charge on any atom is -0.451 e. The molecule has 0 saturated heterocycles. The van der Waals surface area contributed by atoms with Crippen molar-refractivity contribution >= 4 is 0 Å². The summed E-state index contributed by atoms with van der Waals surface area (Å²) in [6.45, 7) is 0. The van der Waals surface area contributed by atoms with E-state index in [0.29, 0.717) is 5.92 Å². The zero-order chi connectivity index (χ0) is 6.10. The summed E-state index contributed by atoms with van der Waals surface area (Å²) in [5, 5.41) is 0. The molecule has 2 rings (SSSR count). The fraction of sp³-hybridized carbons (Fsp3) is 0.571. The highest BCUT2D eigenvalue weighted by Gasteiger charge is 2.21. The molecule has 9 heavy (non-hydrogen) atoms. The van der Waals surface area contributed by atoms with Gasteiger partial charge in [-0.3, -0.25) is 0 Å². The van der Waals surface area contributed by atoms with Crippen molar-refractivity contribution in [3.8, 4) is 0 Å². The lowest BCUT2D eigenvalue weighted by molar-refractivity contribution is 0.409. The van der Waals surface area contributed by atoms with Gasteiger partial charge in [0.05, 0.1) is 5.69 Å². The van der Waals surface area contributed by atoms with Gasteiger partial charge in [0.25, 0.3) is 0 Å². The molecule has 0 radical (unpaired) electrons. The summed E-state index contributed by atoms with van der Waals surface area (Å²) in [6, 6.07) is 0. The van der Waals surface area contributed by atoms with Crippen molar-refractivity contribution in [2.24, 2.45) is 0 Å². The maximum absolute atomic E-state index is 4.86. The summed E-state index contributed by atoms with van der Waals surface area (Å²) in [6.07, 6.45) is 7.22. The van der Waals surface area contributed by atoms with Crippen LogP contribution in [0.1, 0.15) is 30.9 Å². The van der Waals surface area contributed by atoms with Crippen LogP contribution >= 0.6 is 0 Å². The lowest BCUT2D eigenvalue weighted by Crippen LogP contribution is -2.08. The summed E-state index contributed by atoms with van der Waals surface area (Å²) in [7, 11) is 0. The van der Waals surface area contributed by atoms with Crippen molar-refractivity contribution in [3.05, 3.63) is 18.4 Å². The van der Waals surface area contributed by atoms with E-state index in [2.05, 4.69) is 4.98 Å². The Bertz CT molecular complexity index is 177. The topological polar surface area (TPSA) is 26.0 Å². The second-order valence-electron chi connectivity index (χ2n) is 2.54.